The second-order valence-electron chi connectivity index (χ2n) is 5.48. The zero-order valence-corrected chi connectivity index (χ0v) is 14.9. The summed E-state index contributed by atoms with van der Waals surface area (Å²) < 4.78 is 5.79. The molecule has 2 aromatic carbocycles. The van der Waals surface area contributed by atoms with Crippen LogP contribution in [0.4, 0.5) is 11.4 Å². The zero-order chi connectivity index (χ0) is 17.6. The number of carbonyl (C=O) groups is 1. The maximum Gasteiger partial charge on any atom is 0.250 e. The molecular weight excluding hydrogens is 320 g/mol. The van der Waals surface area contributed by atoms with Crippen molar-refractivity contribution in [1.29, 1.82) is 0 Å². The number of rotatable bonds is 7. The standard InChI is InChI=1S/C19H22N2O2S/c1-4-23-19(15(3)22,21-17-8-6-5-7-9-17)18(24)20-16-12-10-14(2)11-13-16/h5-13,21H,4H2,1-3H3,(H,20,24). The number of benzene rings is 2. The largest absolute Gasteiger partial charge is 0.346 e. The lowest BCUT2D eigenvalue weighted by Gasteiger charge is -2.33. The van der Waals surface area contributed by atoms with E-state index in [-0.39, 0.29) is 10.8 Å². The Morgan fingerprint density at radius 3 is 2.25 bits per heavy atom. The molecule has 5 heteroatoms. The van der Waals surface area contributed by atoms with E-state index in [9.17, 15) is 4.79 Å². The highest BCUT2D eigenvalue weighted by Gasteiger charge is 2.41. The van der Waals surface area contributed by atoms with Crippen LogP contribution in [-0.2, 0) is 9.53 Å². The molecule has 0 aliphatic carbocycles. The lowest BCUT2D eigenvalue weighted by atomic mass is 10.1. The number of ether oxygens (including phenoxy) is 1. The van der Waals surface area contributed by atoms with Crippen LogP contribution in [0.1, 0.15) is 19.4 Å². The van der Waals surface area contributed by atoms with E-state index in [1.54, 1.807) is 0 Å². The van der Waals surface area contributed by atoms with Crippen molar-refractivity contribution in [3.63, 3.8) is 0 Å². The summed E-state index contributed by atoms with van der Waals surface area (Å²) in [5.74, 6) is -0.210. The minimum Gasteiger partial charge on any atom is -0.346 e. The third-order valence-electron chi connectivity index (χ3n) is 3.58. The molecule has 2 aromatic rings. The molecule has 0 amide bonds. The quantitative estimate of drug-likeness (QED) is 0.584. The average Bonchev–Trinajstić information content (AvgIpc) is 2.57. The lowest BCUT2D eigenvalue weighted by molar-refractivity contribution is -0.130. The second-order valence-corrected chi connectivity index (χ2v) is 5.89. The van der Waals surface area contributed by atoms with Gasteiger partial charge in [0.25, 0.3) is 5.72 Å². The fraction of sp³-hybridized carbons (Fsp3) is 0.263. The Bertz CT molecular complexity index is 701. The Labute approximate surface area is 148 Å². The molecule has 0 aliphatic rings. The van der Waals surface area contributed by atoms with E-state index in [1.165, 1.54) is 6.92 Å². The van der Waals surface area contributed by atoms with Gasteiger partial charge in [-0.1, -0.05) is 48.1 Å². The highest BCUT2D eigenvalue weighted by Crippen LogP contribution is 2.22. The number of thiocarbonyl (C=S) groups is 1. The molecule has 0 heterocycles. The van der Waals surface area contributed by atoms with Gasteiger partial charge in [0.1, 0.15) is 4.99 Å². The monoisotopic (exact) mass is 342 g/mol. The molecule has 0 aromatic heterocycles. The van der Waals surface area contributed by atoms with Crippen molar-refractivity contribution in [2.24, 2.45) is 0 Å². The predicted molar refractivity (Wildman–Crippen MR) is 103 cm³/mol. The summed E-state index contributed by atoms with van der Waals surface area (Å²) in [5.41, 5.74) is 1.31. The van der Waals surface area contributed by atoms with Gasteiger partial charge in [-0.15, -0.1) is 0 Å². The summed E-state index contributed by atoms with van der Waals surface area (Å²) in [5, 5.41) is 6.27. The summed E-state index contributed by atoms with van der Waals surface area (Å²) in [6.07, 6.45) is 0. The summed E-state index contributed by atoms with van der Waals surface area (Å²) >= 11 is 5.52. The summed E-state index contributed by atoms with van der Waals surface area (Å²) in [6.45, 7) is 5.65. The van der Waals surface area contributed by atoms with E-state index in [4.69, 9.17) is 17.0 Å². The maximum atomic E-state index is 12.4. The molecule has 0 fully saturated rings. The van der Waals surface area contributed by atoms with Gasteiger partial charge < -0.3 is 15.4 Å². The molecule has 24 heavy (non-hydrogen) atoms. The average molecular weight is 342 g/mol. The van der Waals surface area contributed by atoms with Gasteiger partial charge in [-0.05, 0) is 45.0 Å². The van der Waals surface area contributed by atoms with E-state index in [0.717, 1.165) is 16.9 Å². The Hall–Kier alpha value is -2.24. The van der Waals surface area contributed by atoms with Crippen LogP contribution < -0.4 is 10.6 Å². The van der Waals surface area contributed by atoms with Crippen LogP contribution >= 0.6 is 12.2 Å². The van der Waals surface area contributed by atoms with Crippen molar-refractivity contribution in [3.8, 4) is 0 Å². The van der Waals surface area contributed by atoms with Crippen molar-refractivity contribution in [3.05, 3.63) is 60.2 Å². The van der Waals surface area contributed by atoms with Gasteiger partial charge in [-0.2, -0.15) is 0 Å². The zero-order valence-electron chi connectivity index (χ0n) is 14.1. The topological polar surface area (TPSA) is 50.4 Å². The fourth-order valence-corrected chi connectivity index (χ4v) is 2.68. The number of hydrogen-bond donors (Lipinski definition) is 2. The predicted octanol–water partition coefficient (Wildman–Crippen LogP) is 4.17. The Morgan fingerprint density at radius 1 is 1.08 bits per heavy atom. The molecule has 0 radical (unpaired) electrons. The molecule has 0 saturated carbocycles. The molecule has 0 bridgehead atoms. The number of aryl methyl sites for hydroxylation is 1. The lowest BCUT2D eigenvalue weighted by Crippen LogP contribution is -2.56. The van der Waals surface area contributed by atoms with E-state index in [2.05, 4.69) is 10.6 Å². The summed E-state index contributed by atoms with van der Waals surface area (Å²) in [4.78, 5) is 12.7. The minimum atomic E-state index is -1.41. The van der Waals surface area contributed by atoms with Crippen LogP contribution in [0.25, 0.3) is 0 Å². The molecule has 0 aliphatic heterocycles. The molecule has 1 unspecified atom stereocenters. The SMILES string of the molecule is CCOC(Nc1ccccc1)(C(C)=O)C(=S)Nc1ccc(C)cc1. The number of ketones is 1. The van der Waals surface area contributed by atoms with Crippen molar-refractivity contribution in [2.75, 3.05) is 17.2 Å². The van der Waals surface area contributed by atoms with Crippen molar-refractivity contribution in [1.82, 2.24) is 0 Å². The van der Waals surface area contributed by atoms with Crippen LogP contribution in [0.15, 0.2) is 54.6 Å². The number of anilines is 2. The Balaban J connectivity index is 2.31. The van der Waals surface area contributed by atoms with Crippen LogP contribution in [0.3, 0.4) is 0 Å². The Kier molecular flexibility index (Phi) is 6.06. The first-order valence-corrected chi connectivity index (χ1v) is 8.25. The molecule has 0 saturated heterocycles. The van der Waals surface area contributed by atoms with E-state index >= 15 is 0 Å². The molecule has 1 atom stereocenters. The van der Waals surface area contributed by atoms with Gasteiger partial charge in [0.05, 0.1) is 0 Å². The molecule has 2 rings (SSSR count). The van der Waals surface area contributed by atoms with Gasteiger partial charge in [0.15, 0.2) is 5.78 Å². The fourth-order valence-electron chi connectivity index (χ4n) is 2.31. The first-order chi connectivity index (χ1) is 11.5. The van der Waals surface area contributed by atoms with Crippen molar-refractivity contribution < 1.29 is 9.53 Å². The molecule has 126 valence electrons. The van der Waals surface area contributed by atoms with Crippen molar-refractivity contribution in [2.45, 2.75) is 26.5 Å². The number of para-hydroxylation sites is 1. The highest BCUT2D eigenvalue weighted by atomic mass is 32.1. The molecule has 4 nitrogen and oxygen atoms in total. The third kappa shape index (κ3) is 4.19. The highest BCUT2D eigenvalue weighted by molar-refractivity contribution is 7.80. The number of carbonyl (C=O) groups excluding carboxylic acids is 1. The van der Waals surface area contributed by atoms with Gasteiger partial charge in [-0.25, -0.2) is 0 Å². The van der Waals surface area contributed by atoms with Gasteiger partial charge in [0, 0.05) is 18.0 Å². The molecule has 2 N–H and O–H groups in total. The smallest absolute Gasteiger partial charge is 0.250 e. The molecule has 0 spiro atoms. The number of nitrogens with one attached hydrogen (secondary N) is 2. The van der Waals surface area contributed by atoms with E-state index in [1.807, 2.05) is 68.4 Å². The van der Waals surface area contributed by atoms with Gasteiger partial charge >= 0.3 is 0 Å². The number of Topliss-reactive ketones (excluding diaryl/α,β-unsaturated/α-hetero) is 1. The van der Waals surface area contributed by atoms with E-state index < -0.39 is 5.72 Å². The molecular formula is C19H22N2O2S. The second kappa shape index (κ2) is 8.04. The van der Waals surface area contributed by atoms with Crippen LogP contribution in [0.5, 0.6) is 0 Å². The first-order valence-electron chi connectivity index (χ1n) is 7.84. The van der Waals surface area contributed by atoms with Crippen molar-refractivity contribution >= 4 is 34.4 Å². The van der Waals surface area contributed by atoms with E-state index in [0.29, 0.717) is 6.61 Å². The maximum absolute atomic E-state index is 12.4. The normalized spacial score (nSPS) is 13.0. The van der Waals surface area contributed by atoms with Crippen LogP contribution in [-0.4, -0.2) is 23.1 Å². The number of hydrogen-bond acceptors (Lipinski definition) is 4. The summed E-state index contributed by atoms with van der Waals surface area (Å²) in [6, 6.07) is 17.2. The Morgan fingerprint density at radius 2 is 1.71 bits per heavy atom. The minimum absolute atomic E-state index is 0.210. The van der Waals surface area contributed by atoms with Gasteiger partial charge in [-0.3, -0.25) is 4.79 Å². The van der Waals surface area contributed by atoms with Crippen LogP contribution in [0, 0.1) is 6.92 Å². The van der Waals surface area contributed by atoms with Crippen LogP contribution in [0.2, 0.25) is 0 Å². The first kappa shape index (κ1) is 18.1. The summed E-state index contributed by atoms with van der Waals surface area (Å²) in [7, 11) is 0. The third-order valence-corrected chi connectivity index (χ3v) is 3.97. The van der Waals surface area contributed by atoms with Gasteiger partial charge in [0.2, 0.25) is 0 Å².